The Kier molecular flexibility index (Phi) is 5.63. The second kappa shape index (κ2) is 6.51. The second-order valence-electron chi connectivity index (χ2n) is 4.01. The van der Waals surface area contributed by atoms with E-state index in [0.717, 1.165) is 12.8 Å². The summed E-state index contributed by atoms with van der Waals surface area (Å²) in [5, 5.41) is 0. The molecular weight excluding hydrogens is 230 g/mol. The Morgan fingerprint density at radius 2 is 2.06 bits per heavy atom. The number of hydrogen-bond acceptors (Lipinski definition) is 4. The summed E-state index contributed by atoms with van der Waals surface area (Å²) in [7, 11) is -1.71. The molecule has 0 aromatic rings. The lowest BCUT2D eigenvalue weighted by molar-refractivity contribution is 0.177. The van der Waals surface area contributed by atoms with Gasteiger partial charge in [0.2, 0.25) is 0 Å². The van der Waals surface area contributed by atoms with Crippen LogP contribution in [0.5, 0.6) is 0 Å². The molecule has 0 spiro atoms. The Hall–Kier alpha value is -0.210. The van der Waals surface area contributed by atoms with Crippen LogP contribution in [0.2, 0.25) is 0 Å². The number of nitrogens with one attached hydrogen (secondary N) is 1. The molecule has 3 N–H and O–H groups in total. The maximum Gasteiger partial charge on any atom is 0.279 e. The van der Waals surface area contributed by atoms with Gasteiger partial charge in [-0.1, -0.05) is 0 Å². The van der Waals surface area contributed by atoms with Gasteiger partial charge in [-0.2, -0.15) is 12.7 Å². The van der Waals surface area contributed by atoms with Crippen molar-refractivity contribution in [2.75, 3.05) is 33.4 Å². The van der Waals surface area contributed by atoms with Crippen molar-refractivity contribution in [1.82, 2.24) is 9.03 Å². The monoisotopic (exact) mass is 251 g/mol. The van der Waals surface area contributed by atoms with Crippen molar-refractivity contribution in [2.24, 2.45) is 5.73 Å². The van der Waals surface area contributed by atoms with Gasteiger partial charge in [0.15, 0.2) is 0 Å². The molecule has 1 aliphatic rings. The van der Waals surface area contributed by atoms with Crippen LogP contribution in [0.4, 0.5) is 0 Å². The van der Waals surface area contributed by atoms with Crippen molar-refractivity contribution in [3.8, 4) is 0 Å². The van der Waals surface area contributed by atoms with Crippen LogP contribution in [0.3, 0.4) is 0 Å². The smallest absolute Gasteiger partial charge is 0.279 e. The van der Waals surface area contributed by atoms with Gasteiger partial charge in [0.05, 0.1) is 6.61 Å². The minimum absolute atomic E-state index is 0.119. The quantitative estimate of drug-likeness (QED) is 0.625. The molecule has 1 unspecified atom stereocenters. The summed E-state index contributed by atoms with van der Waals surface area (Å²) in [4.78, 5) is 0. The van der Waals surface area contributed by atoms with E-state index in [2.05, 4.69) is 4.72 Å². The van der Waals surface area contributed by atoms with Gasteiger partial charge in [-0.15, -0.1) is 0 Å². The molecule has 0 aromatic carbocycles. The minimum atomic E-state index is -3.28. The van der Waals surface area contributed by atoms with Crippen molar-refractivity contribution in [2.45, 2.75) is 25.3 Å². The maximum absolute atomic E-state index is 11.7. The molecule has 1 saturated heterocycles. The van der Waals surface area contributed by atoms with E-state index in [1.807, 2.05) is 0 Å². The summed E-state index contributed by atoms with van der Waals surface area (Å²) in [5.74, 6) is 0. The molecule has 0 amide bonds. The van der Waals surface area contributed by atoms with E-state index in [1.54, 1.807) is 7.11 Å². The van der Waals surface area contributed by atoms with E-state index < -0.39 is 10.2 Å². The first-order chi connectivity index (χ1) is 7.56. The zero-order chi connectivity index (χ0) is 12.0. The topological polar surface area (TPSA) is 84.7 Å². The molecule has 1 aliphatic heterocycles. The molecule has 6 nitrogen and oxygen atoms in total. The molecule has 0 aromatic heterocycles. The molecule has 1 fully saturated rings. The van der Waals surface area contributed by atoms with Crippen LogP contribution < -0.4 is 10.5 Å². The minimum Gasteiger partial charge on any atom is -0.383 e. The van der Waals surface area contributed by atoms with Crippen LogP contribution in [0.15, 0.2) is 0 Å². The van der Waals surface area contributed by atoms with E-state index in [1.165, 1.54) is 4.31 Å². The van der Waals surface area contributed by atoms with E-state index in [-0.39, 0.29) is 6.04 Å². The van der Waals surface area contributed by atoms with E-state index in [0.29, 0.717) is 32.7 Å². The highest BCUT2D eigenvalue weighted by Gasteiger charge is 2.24. The van der Waals surface area contributed by atoms with Gasteiger partial charge in [-0.3, -0.25) is 0 Å². The zero-order valence-corrected chi connectivity index (χ0v) is 10.5. The Morgan fingerprint density at radius 1 is 1.44 bits per heavy atom. The molecule has 96 valence electrons. The number of nitrogens with zero attached hydrogens (tertiary/aromatic N) is 1. The molecule has 1 rings (SSSR count). The number of hydrogen-bond donors (Lipinski definition) is 2. The summed E-state index contributed by atoms with van der Waals surface area (Å²) in [6, 6.07) is -0.119. The number of methoxy groups -OCH3 is 1. The Balaban J connectivity index is 2.25. The molecule has 16 heavy (non-hydrogen) atoms. The predicted octanol–water partition coefficient (Wildman–Crippen LogP) is -0.720. The van der Waals surface area contributed by atoms with Crippen molar-refractivity contribution in [3.05, 3.63) is 0 Å². The molecule has 0 radical (unpaired) electrons. The molecule has 0 aliphatic carbocycles. The van der Waals surface area contributed by atoms with Gasteiger partial charge in [-0.25, -0.2) is 4.72 Å². The summed E-state index contributed by atoms with van der Waals surface area (Å²) in [5.41, 5.74) is 5.69. The number of rotatable bonds is 7. The van der Waals surface area contributed by atoms with E-state index in [4.69, 9.17) is 10.5 Å². The third kappa shape index (κ3) is 4.34. The van der Waals surface area contributed by atoms with Crippen molar-refractivity contribution < 1.29 is 13.2 Å². The summed E-state index contributed by atoms with van der Waals surface area (Å²) in [6.45, 7) is 2.06. The fourth-order valence-electron chi connectivity index (χ4n) is 1.69. The van der Waals surface area contributed by atoms with Gasteiger partial charge < -0.3 is 10.5 Å². The van der Waals surface area contributed by atoms with Gasteiger partial charge in [-0.05, 0) is 19.3 Å². The van der Waals surface area contributed by atoms with Crippen molar-refractivity contribution in [1.29, 1.82) is 0 Å². The number of ether oxygens (including phenoxy) is 1. The molecule has 0 saturated carbocycles. The highest BCUT2D eigenvalue weighted by Crippen LogP contribution is 2.10. The Morgan fingerprint density at radius 3 is 2.62 bits per heavy atom. The normalized spacial score (nSPS) is 20.1. The SMILES string of the molecule is COCC(N)CCNS(=O)(=O)N1CCCC1. The third-order valence-corrected chi connectivity index (χ3v) is 4.20. The standard InChI is InChI=1S/C9H21N3O3S/c1-15-8-9(10)4-5-11-16(13,14)12-6-2-3-7-12/h9,11H,2-8,10H2,1H3. The van der Waals surface area contributed by atoms with Crippen LogP contribution in [0.25, 0.3) is 0 Å². The fraction of sp³-hybridized carbons (Fsp3) is 1.00. The van der Waals surface area contributed by atoms with Crippen LogP contribution in [-0.4, -0.2) is 52.1 Å². The van der Waals surface area contributed by atoms with Gasteiger partial charge in [0, 0.05) is 32.8 Å². The summed E-state index contributed by atoms with van der Waals surface area (Å²) in [6.07, 6.45) is 2.48. The van der Waals surface area contributed by atoms with Gasteiger partial charge in [0.1, 0.15) is 0 Å². The summed E-state index contributed by atoms with van der Waals surface area (Å²) < 4.78 is 32.3. The van der Waals surface area contributed by atoms with Crippen molar-refractivity contribution in [3.63, 3.8) is 0 Å². The highest BCUT2D eigenvalue weighted by molar-refractivity contribution is 7.87. The molecule has 1 atom stereocenters. The molecule has 1 heterocycles. The zero-order valence-electron chi connectivity index (χ0n) is 9.68. The molecule has 0 bridgehead atoms. The van der Waals surface area contributed by atoms with E-state index in [9.17, 15) is 8.42 Å². The second-order valence-corrected chi connectivity index (χ2v) is 5.76. The average Bonchev–Trinajstić information content (AvgIpc) is 2.71. The largest absolute Gasteiger partial charge is 0.383 e. The molecular formula is C9H21N3O3S. The summed E-state index contributed by atoms with van der Waals surface area (Å²) >= 11 is 0. The number of nitrogens with two attached hydrogens (primary N) is 1. The third-order valence-electron chi connectivity index (χ3n) is 2.59. The van der Waals surface area contributed by atoms with Crippen LogP contribution in [-0.2, 0) is 14.9 Å². The highest BCUT2D eigenvalue weighted by atomic mass is 32.2. The van der Waals surface area contributed by atoms with Crippen LogP contribution >= 0.6 is 0 Å². The first-order valence-electron chi connectivity index (χ1n) is 5.55. The lowest BCUT2D eigenvalue weighted by Gasteiger charge is -2.17. The predicted molar refractivity (Wildman–Crippen MR) is 62.2 cm³/mol. The first-order valence-corrected chi connectivity index (χ1v) is 6.99. The fourth-order valence-corrected chi connectivity index (χ4v) is 2.99. The lowest BCUT2D eigenvalue weighted by Crippen LogP contribution is -2.41. The van der Waals surface area contributed by atoms with Crippen LogP contribution in [0.1, 0.15) is 19.3 Å². The Bertz CT molecular complexity index is 288. The first kappa shape index (κ1) is 13.9. The van der Waals surface area contributed by atoms with Gasteiger partial charge >= 0.3 is 0 Å². The van der Waals surface area contributed by atoms with E-state index >= 15 is 0 Å². The molecule has 7 heteroatoms. The average molecular weight is 251 g/mol. The Labute approximate surface area is 97.3 Å². The van der Waals surface area contributed by atoms with Crippen molar-refractivity contribution >= 4 is 10.2 Å². The van der Waals surface area contributed by atoms with Gasteiger partial charge in [0.25, 0.3) is 10.2 Å². The lowest BCUT2D eigenvalue weighted by atomic mass is 10.2. The van der Waals surface area contributed by atoms with Crippen LogP contribution in [0, 0.1) is 0 Å². The maximum atomic E-state index is 11.7.